The summed E-state index contributed by atoms with van der Waals surface area (Å²) < 4.78 is 0. The molecule has 0 amide bonds. The summed E-state index contributed by atoms with van der Waals surface area (Å²) in [5.74, 6) is 0. The van der Waals surface area contributed by atoms with Gasteiger partial charge in [-0.05, 0) is 32.9 Å². The predicted molar refractivity (Wildman–Crippen MR) is 84.6 cm³/mol. The molecule has 2 heteroatoms. The highest BCUT2D eigenvalue weighted by atomic mass is 35.5. The number of hydrogen-bond acceptors (Lipinski definition) is 1. The van der Waals surface area contributed by atoms with Crippen molar-refractivity contribution in [2.24, 2.45) is 0 Å². The fourth-order valence-electron chi connectivity index (χ4n) is 2.16. The predicted octanol–water partition coefficient (Wildman–Crippen LogP) is 5.51. The number of unbranched alkanes of at least 4 members (excludes halogenated alkanes) is 9. The van der Waals surface area contributed by atoms with Crippen molar-refractivity contribution in [1.29, 1.82) is 0 Å². The average Bonchev–Trinajstić information content (AvgIpc) is 2.34. The minimum absolute atomic E-state index is 0.310. The first-order valence-corrected chi connectivity index (χ1v) is 8.55. The fraction of sp³-hybridized carbons (Fsp3) is 1.00. The van der Waals surface area contributed by atoms with Crippen LogP contribution < -0.4 is 5.32 Å². The van der Waals surface area contributed by atoms with Gasteiger partial charge in [-0.3, -0.25) is 0 Å². The van der Waals surface area contributed by atoms with Gasteiger partial charge in [0.15, 0.2) is 0 Å². The Labute approximate surface area is 120 Å². The lowest BCUT2D eigenvalue weighted by molar-refractivity contribution is 0.540. The second-order valence-corrected chi connectivity index (χ2v) is 6.25. The molecular formula is C16H34ClN. The summed E-state index contributed by atoms with van der Waals surface area (Å²) in [5.41, 5.74) is 0. The third kappa shape index (κ3) is 16.2. The maximum Gasteiger partial charge on any atom is 0.0319 e. The molecule has 0 heterocycles. The Bertz CT molecular complexity index is 148. The minimum atomic E-state index is 0.310. The summed E-state index contributed by atoms with van der Waals surface area (Å²) in [5, 5.41) is 3.77. The Kier molecular flexibility index (Phi) is 15.5. The lowest BCUT2D eigenvalue weighted by atomic mass is 10.1. The van der Waals surface area contributed by atoms with Crippen LogP contribution in [0.4, 0.5) is 0 Å². The SMILES string of the molecule is CCCCCCCCCCCCNCCC(C)Cl. The third-order valence-electron chi connectivity index (χ3n) is 3.43. The van der Waals surface area contributed by atoms with Crippen LogP contribution in [-0.4, -0.2) is 18.5 Å². The Morgan fingerprint density at radius 3 is 1.78 bits per heavy atom. The summed E-state index contributed by atoms with van der Waals surface area (Å²) in [6.07, 6.45) is 15.2. The maximum atomic E-state index is 5.88. The molecule has 0 aromatic rings. The molecule has 0 aliphatic heterocycles. The molecule has 18 heavy (non-hydrogen) atoms. The van der Waals surface area contributed by atoms with Gasteiger partial charge in [0.1, 0.15) is 0 Å². The van der Waals surface area contributed by atoms with Crippen LogP contribution in [0.3, 0.4) is 0 Å². The first kappa shape index (κ1) is 18.2. The lowest BCUT2D eigenvalue weighted by Crippen LogP contribution is -2.18. The van der Waals surface area contributed by atoms with Gasteiger partial charge < -0.3 is 5.32 Å². The number of hydrogen-bond donors (Lipinski definition) is 1. The molecule has 0 saturated heterocycles. The van der Waals surface area contributed by atoms with Gasteiger partial charge in [0, 0.05) is 5.38 Å². The van der Waals surface area contributed by atoms with Crippen molar-refractivity contribution in [3.63, 3.8) is 0 Å². The van der Waals surface area contributed by atoms with Crippen molar-refractivity contribution in [2.75, 3.05) is 13.1 Å². The van der Waals surface area contributed by atoms with Gasteiger partial charge in [-0.15, -0.1) is 11.6 Å². The molecule has 0 bridgehead atoms. The second-order valence-electron chi connectivity index (χ2n) is 5.50. The molecule has 1 N–H and O–H groups in total. The molecular weight excluding hydrogens is 242 g/mol. The van der Waals surface area contributed by atoms with E-state index in [2.05, 4.69) is 19.2 Å². The van der Waals surface area contributed by atoms with E-state index in [0.29, 0.717) is 5.38 Å². The highest BCUT2D eigenvalue weighted by molar-refractivity contribution is 6.20. The summed E-state index contributed by atoms with van der Waals surface area (Å²) in [4.78, 5) is 0. The standard InChI is InChI=1S/C16H34ClN/c1-3-4-5-6-7-8-9-10-11-12-14-18-15-13-16(2)17/h16,18H,3-15H2,1-2H3. The molecule has 0 aliphatic carbocycles. The molecule has 1 unspecified atom stereocenters. The van der Waals surface area contributed by atoms with Crippen LogP contribution in [0.25, 0.3) is 0 Å². The van der Waals surface area contributed by atoms with Crippen LogP contribution in [0.15, 0.2) is 0 Å². The van der Waals surface area contributed by atoms with Crippen LogP contribution in [0.5, 0.6) is 0 Å². The second kappa shape index (κ2) is 15.3. The first-order valence-electron chi connectivity index (χ1n) is 8.12. The van der Waals surface area contributed by atoms with Gasteiger partial charge >= 0.3 is 0 Å². The van der Waals surface area contributed by atoms with Gasteiger partial charge in [0.05, 0.1) is 0 Å². The van der Waals surface area contributed by atoms with Gasteiger partial charge in [0.2, 0.25) is 0 Å². The van der Waals surface area contributed by atoms with E-state index in [9.17, 15) is 0 Å². The van der Waals surface area contributed by atoms with Crippen molar-refractivity contribution in [1.82, 2.24) is 5.32 Å². The van der Waals surface area contributed by atoms with E-state index in [1.54, 1.807) is 0 Å². The van der Waals surface area contributed by atoms with Gasteiger partial charge in [-0.2, -0.15) is 0 Å². The van der Waals surface area contributed by atoms with Crippen LogP contribution in [0.1, 0.15) is 84.5 Å². The molecule has 0 aromatic carbocycles. The quantitative estimate of drug-likeness (QED) is 0.325. The average molecular weight is 276 g/mol. The maximum absolute atomic E-state index is 5.88. The zero-order chi connectivity index (χ0) is 13.5. The summed E-state index contributed by atoms with van der Waals surface area (Å²) in [6, 6.07) is 0. The zero-order valence-corrected chi connectivity index (χ0v) is 13.4. The van der Waals surface area contributed by atoms with E-state index < -0.39 is 0 Å². The lowest BCUT2D eigenvalue weighted by Gasteiger charge is -2.06. The van der Waals surface area contributed by atoms with Crippen molar-refractivity contribution in [3.05, 3.63) is 0 Å². The molecule has 0 aliphatic rings. The van der Waals surface area contributed by atoms with Gasteiger partial charge in [-0.25, -0.2) is 0 Å². The summed E-state index contributed by atoms with van der Waals surface area (Å²) in [6.45, 7) is 6.58. The normalized spacial score (nSPS) is 12.8. The van der Waals surface area contributed by atoms with Crippen molar-refractivity contribution in [3.8, 4) is 0 Å². The van der Waals surface area contributed by atoms with E-state index in [4.69, 9.17) is 11.6 Å². The zero-order valence-electron chi connectivity index (χ0n) is 12.6. The minimum Gasteiger partial charge on any atom is -0.317 e. The topological polar surface area (TPSA) is 12.0 Å². The molecule has 0 rings (SSSR count). The van der Waals surface area contributed by atoms with Gasteiger partial charge in [0.25, 0.3) is 0 Å². The Morgan fingerprint density at radius 2 is 1.28 bits per heavy atom. The summed E-state index contributed by atoms with van der Waals surface area (Å²) in [7, 11) is 0. The molecule has 1 atom stereocenters. The number of halogens is 1. The Morgan fingerprint density at radius 1 is 0.778 bits per heavy atom. The van der Waals surface area contributed by atoms with E-state index >= 15 is 0 Å². The van der Waals surface area contributed by atoms with E-state index in [-0.39, 0.29) is 0 Å². The third-order valence-corrected chi connectivity index (χ3v) is 3.64. The Hall–Kier alpha value is 0.250. The van der Waals surface area contributed by atoms with Crippen LogP contribution in [-0.2, 0) is 0 Å². The van der Waals surface area contributed by atoms with Crippen LogP contribution in [0.2, 0.25) is 0 Å². The first-order chi connectivity index (χ1) is 8.77. The molecule has 0 radical (unpaired) electrons. The molecule has 1 nitrogen and oxygen atoms in total. The molecule has 0 spiro atoms. The van der Waals surface area contributed by atoms with E-state index in [1.165, 1.54) is 70.8 Å². The van der Waals surface area contributed by atoms with Crippen molar-refractivity contribution >= 4 is 11.6 Å². The highest BCUT2D eigenvalue weighted by Crippen LogP contribution is 2.10. The van der Waals surface area contributed by atoms with Crippen molar-refractivity contribution < 1.29 is 0 Å². The van der Waals surface area contributed by atoms with E-state index in [0.717, 1.165) is 13.0 Å². The molecule has 0 fully saturated rings. The van der Waals surface area contributed by atoms with Crippen molar-refractivity contribution in [2.45, 2.75) is 89.9 Å². The summed E-state index contributed by atoms with van der Waals surface area (Å²) >= 11 is 5.88. The highest BCUT2D eigenvalue weighted by Gasteiger charge is 1.95. The fourth-order valence-corrected chi connectivity index (χ4v) is 2.27. The molecule has 0 aromatic heterocycles. The van der Waals surface area contributed by atoms with Crippen LogP contribution >= 0.6 is 11.6 Å². The number of nitrogens with one attached hydrogen (secondary N) is 1. The molecule has 110 valence electrons. The molecule has 0 saturated carbocycles. The van der Waals surface area contributed by atoms with Gasteiger partial charge in [-0.1, -0.05) is 64.7 Å². The number of rotatable bonds is 14. The number of alkyl halides is 1. The monoisotopic (exact) mass is 275 g/mol. The van der Waals surface area contributed by atoms with Crippen LogP contribution in [0, 0.1) is 0 Å². The Balaban J connectivity index is 2.90. The largest absolute Gasteiger partial charge is 0.317 e. The van der Waals surface area contributed by atoms with E-state index in [1.807, 2.05) is 0 Å². The smallest absolute Gasteiger partial charge is 0.0319 e.